The van der Waals surface area contributed by atoms with Gasteiger partial charge in [0.1, 0.15) is 0 Å². The zero-order valence-corrected chi connectivity index (χ0v) is 11.5. The van der Waals surface area contributed by atoms with Crippen molar-refractivity contribution in [1.82, 2.24) is 4.98 Å². The van der Waals surface area contributed by atoms with E-state index in [0.717, 1.165) is 0 Å². The van der Waals surface area contributed by atoms with E-state index in [-0.39, 0.29) is 12.2 Å². The lowest BCUT2D eigenvalue weighted by atomic mass is 10.2. The maximum absolute atomic E-state index is 11.9. The second-order valence-corrected chi connectivity index (χ2v) is 4.82. The molecule has 0 spiro atoms. The Morgan fingerprint density at radius 2 is 2.14 bits per heavy atom. The molecule has 0 radical (unpaired) electrons. The monoisotopic (exact) mass is 302 g/mol. The van der Waals surface area contributed by atoms with Crippen LogP contribution in [-0.2, 0) is 0 Å². The smallest absolute Gasteiger partial charge is 0.269 e. The number of anilines is 1. The van der Waals surface area contributed by atoms with Gasteiger partial charge in [-0.1, -0.05) is 23.2 Å². The third-order valence-corrected chi connectivity index (χ3v) is 3.21. The molecule has 2 rings (SSSR count). The van der Waals surface area contributed by atoms with Gasteiger partial charge >= 0.3 is 0 Å². The number of thiazole rings is 1. The van der Waals surface area contributed by atoms with Gasteiger partial charge in [0.05, 0.1) is 22.5 Å². The number of carbonyl (C=O) groups is 1. The highest BCUT2D eigenvalue weighted by molar-refractivity contribution is 7.16. The van der Waals surface area contributed by atoms with Gasteiger partial charge in [0.25, 0.3) is 11.6 Å². The highest BCUT2D eigenvalue weighted by Crippen LogP contribution is 2.18. The van der Waals surface area contributed by atoms with Gasteiger partial charge < -0.3 is 5.73 Å². The Hall–Kier alpha value is -2.76. The van der Waals surface area contributed by atoms with Crippen molar-refractivity contribution >= 4 is 28.1 Å². The van der Waals surface area contributed by atoms with Gasteiger partial charge in [-0.15, -0.1) is 0 Å². The van der Waals surface area contributed by atoms with Crippen LogP contribution in [0, 0.1) is 22.0 Å². The topological polar surface area (TPSA) is 111 Å². The molecule has 1 aromatic carbocycles. The summed E-state index contributed by atoms with van der Waals surface area (Å²) in [6.07, 6.45) is 1.54. The number of aromatic nitrogens is 1. The van der Waals surface area contributed by atoms with Crippen LogP contribution >= 0.6 is 11.3 Å². The standard InChI is InChI=1S/C13H10N4O3S/c14-7-1-2-11-8-15-13(21-11)16-12(18)9-3-5-10(6-4-9)17(19)20/h3-6,8H,7,14H2,(H,15,16,18). The maximum Gasteiger partial charge on any atom is 0.269 e. The van der Waals surface area contributed by atoms with Gasteiger partial charge in [-0.05, 0) is 12.1 Å². The lowest BCUT2D eigenvalue weighted by molar-refractivity contribution is -0.384. The molecule has 2 aromatic rings. The fourth-order valence-corrected chi connectivity index (χ4v) is 2.12. The Morgan fingerprint density at radius 3 is 2.76 bits per heavy atom. The SMILES string of the molecule is NCC#Cc1cnc(NC(=O)c2ccc([N+](=O)[O-])cc2)s1. The largest absolute Gasteiger partial charge is 0.320 e. The van der Waals surface area contributed by atoms with Crippen molar-refractivity contribution in [3.05, 3.63) is 51.0 Å². The molecule has 1 amide bonds. The van der Waals surface area contributed by atoms with Gasteiger partial charge in [0.2, 0.25) is 0 Å². The van der Waals surface area contributed by atoms with E-state index in [0.29, 0.717) is 15.6 Å². The quantitative estimate of drug-likeness (QED) is 0.508. The number of non-ortho nitro benzene ring substituents is 1. The van der Waals surface area contributed by atoms with Crippen molar-refractivity contribution in [3.63, 3.8) is 0 Å². The number of amides is 1. The highest BCUT2D eigenvalue weighted by atomic mass is 32.1. The number of nitrogens with two attached hydrogens (primary N) is 1. The molecule has 7 nitrogen and oxygen atoms in total. The van der Waals surface area contributed by atoms with E-state index < -0.39 is 10.8 Å². The summed E-state index contributed by atoms with van der Waals surface area (Å²) in [5.41, 5.74) is 5.51. The minimum absolute atomic E-state index is 0.0693. The van der Waals surface area contributed by atoms with Crippen LogP contribution in [0.2, 0.25) is 0 Å². The lowest BCUT2D eigenvalue weighted by Gasteiger charge is -2.00. The molecule has 0 aliphatic carbocycles. The number of hydrogen-bond acceptors (Lipinski definition) is 6. The fourth-order valence-electron chi connectivity index (χ4n) is 1.43. The van der Waals surface area contributed by atoms with Crippen LogP contribution < -0.4 is 11.1 Å². The molecule has 0 atom stereocenters. The second-order valence-electron chi connectivity index (χ2n) is 3.79. The average molecular weight is 302 g/mol. The van der Waals surface area contributed by atoms with Crippen LogP contribution in [0.4, 0.5) is 10.8 Å². The maximum atomic E-state index is 11.9. The minimum Gasteiger partial charge on any atom is -0.320 e. The minimum atomic E-state index is -0.523. The summed E-state index contributed by atoms with van der Waals surface area (Å²) >= 11 is 1.22. The van der Waals surface area contributed by atoms with Crippen LogP contribution in [0.1, 0.15) is 15.2 Å². The molecule has 106 valence electrons. The molecular weight excluding hydrogens is 292 g/mol. The first-order valence-electron chi connectivity index (χ1n) is 5.80. The molecule has 0 aliphatic rings. The van der Waals surface area contributed by atoms with Crippen molar-refractivity contribution < 1.29 is 9.72 Å². The number of nitro groups is 1. The highest BCUT2D eigenvalue weighted by Gasteiger charge is 2.11. The summed E-state index contributed by atoms with van der Waals surface area (Å²) in [6.45, 7) is 0.252. The van der Waals surface area contributed by atoms with Crippen molar-refractivity contribution in [3.8, 4) is 11.8 Å². The molecule has 0 unspecified atom stereocenters. The Morgan fingerprint density at radius 1 is 1.43 bits per heavy atom. The van der Waals surface area contributed by atoms with E-state index in [4.69, 9.17) is 5.73 Å². The van der Waals surface area contributed by atoms with Crippen molar-refractivity contribution in [2.24, 2.45) is 5.73 Å². The van der Waals surface area contributed by atoms with E-state index in [1.54, 1.807) is 6.20 Å². The van der Waals surface area contributed by atoms with Crippen LogP contribution in [0.5, 0.6) is 0 Å². The summed E-state index contributed by atoms with van der Waals surface area (Å²) in [5.74, 6) is 5.11. The molecule has 0 aliphatic heterocycles. The fraction of sp³-hybridized carbons (Fsp3) is 0.0769. The second kappa shape index (κ2) is 6.60. The van der Waals surface area contributed by atoms with Crippen molar-refractivity contribution in [2.45, 2.75) is 0 Å². The zero-order valence-electron chi connectivity index (χ0n) is 10.7. The number of hydrogen-bond donors (Lipinski definition) is 2. The molecule has 1 aromatic heterocycles. The summed E-state index contributed by atoms with van der Waals surface area (Å²) < 4.78 is 0. The molecule has 3 N–H and O–H groups in total. The van der Waals surface area contributed by atoms with Gasteiger partial charge in [-0.2, -0.15) is 0 Å². The summed E-state index contributed by atoms with van der Waals surface area (Å²) in [7, 11) is 0. The van der Waals surface area contributed by atoms with E-state index >= 15 is 0 Å². The van der Waals surface area contributed by atoms with Gasteiger partial charge in [-0.3, -0.25) is 20.2 Å². The van der Waals surface area contributed by atoms with Gasteiger partial charge in [0.15, 0.2) is 5.13 Å². The molecule has 21 heavy (non-hydrogen) atoms. The van der Waals surface area contributed by atoms with Gasteiger partial charge in [-0.25, -0.2) is 4.98 Å². The number of carbonyl (C=O) groups excluding carboxylic acids is 1. The summed E-state index contributed by atoms with van der Waals surface area (Å²) in [5, 5.41) is 13.5. The first-order chi connectivity index (χ1) is 10.1. The predicted octanol–water partition coefficient (Wildman–Crippen LogP) is 1.61. The molecule has 0 bridgehead atoms. The molecular formula is C13H10N4O3S. The van der Waals surface area contributed by atoms with Crippen molar-refractivity contribution in [2.75, 3.05) is 11.9 Å². The molecule has 8 heteroatoms. The Balaban J connectivity index is 2.07. The number of nitro benzene ring substituents is 1. The van der Waals surface area contributed by atoms with Crippen LogP contribution in [-0.4, -0.2) is 22.4 Å². The Bertz CT molecular complexity index is 728. The van der Waals surface area contributed by atoms with E-state index in [1.807, 2.05) is 0 Å². The normalized spacial score (nSPS) is 9.57. The molecule has 0 saturated heterocycles. The van der Waals surface area contributed by atoms with E-state index in [2.05, 4.69) is 22.1 Å². The van der Waals surface area contributed by atoms with E-state index in [9.17, 15) is 14.9 Å². The number of nitrogens with zero attached hydrogens (tertiary/aromatic N) is 2. The number of rotatable bonds is 3. The third kappa shape index (κ3) is 3.85. The molecule has 0 saturated carbocycles. The number of benzene rings is 1. The van der Waals surface area contributed by atoms with Crippen LogP contribution in [0.3, 0.4) is 0 Å². The average Bonchev–Trinajstić information content (AvgIpc) is 2.92. The van der Waals surface area contributed by atoms with Crippen LogP contribution in [0.25, 0.3) is 0 Å². The third-order valence-electron chi connectivity index (χ3n) is 2.38. The first kappa shape index (κ1) is 14.6. The predicted molar refractivity (Wildman–Crippen MR) is 79.1 cm³/mol. The molecule has 0 fully saturated rings. The lowest BCUT2D eigenvalue weighted by Crippen LogP contribution is -2.11. The zero-order chi connectivity index (χ0) is 15.2. The summed E-state index contributed by atoms with van der Waals surface area (Å²) in [6, 6.07) is 5.32. The number of nitrogens with one attached hydrogen (secondary N) is 1. The Kier molecular flexibility index (Phi) is 4.61. The van der Waals surface area contributed by atoms with Crippen molar-refractivity contribution in [1.29, 1.82) is 0 Å². The Labute approximate surface area is 124 Å². The summed E-state index contributed by atoms with van der Waals surface area (Å²) in [4.78, 5) is 26.7. The van der Waals surface area contributed by atoms with E-state index in [1.165, 1.54) is 35.6 Å². The van der Waals surface area contributed by atoms with Crippen LogP contribution in [0.15, 0.2) is 30.5 Å². The van der Waals surface area contributed by atoms with Gasteiger partial charge in [0, 0.05) is 17.7 Å². The molecule has 1 heterocycles. The first-order valence-corrected chi connectivity index (χ1v) is 6.62.